The summed E-state index contributed by atoms with van der Waals surface area (Å²) in [5.41, 5.74) is 2.18. The molecular formula is C20H27N5O. The summed E-state index contributed by atoms with van der Waals surface area (Å²) in [6, 6.07) is 10.6. The summed E-state index contributed by atoms with van der Waals surface area (Å²) in [6.45, 7) is 5.00. The van der Waals surface area contributed by atoms with Gasteiger partial charge in [0.25, 0.3) is 0 Å². The van der Waals surface area contributed by atoms with Crippen LogP contribution in [0.2, 0.25) is 0 Å². The first-order valence-corrected chi connectivity index (χ1v) is 9.64. The van der Waals surface area contributed by atoms with Gasteiger partial charge in [-0.3, -0.25) is 9.69 Å². The second kappa shape index (κ2) is 7.91. The molecule has 1 saturated heterocycles. The van der Waals surface area contributed by atoms with Crippen molar-refractivity contribution in [1.82, 2.24) is 14.7 Å². The number of carbonyl (C=O) groups is 1. The van der Waals surface area contributed by atoms with Crippen molar-refractivity contribution >= 4 is 17.4 Å². The van der Waals surface area contributed by atoms with Crippen LogP contribution in [0.5, 0.6) is 0 Å². The number of aromatic nitrogens is 2. The highest BCUT2D eigenvalue weighted by molar-refractivity contribution is 5.93. The van der Waals surface area contributed by atoms with Gasteiger partial charge in [-0.25, -0.2) is 4.68 Å². The molecule has 0 unspecified atom stereocenters. The highest BCUT2D eigenvalue weighted by atomic mass is 16.1. The van der Waals surface area contributed by atoms with Crippen molar-refractivity contribution in [2.24, 2.45) is 5.92 Å². The molecule has 2 N–H and O–H groups in total. The van der Waals surface area contributed by atoms with Crippen molar-refractivity contribution < 1.29 is 4.79 Å². The van der Waals surface area contributed by atoms with E-state index in [4.69, 9.17) is 0 Å². The van der Waals surface area contributed by atoms with Crippen molar-refractivity contribution in [2.45, 2.75) is 38.8 Å². The molecule has 1 aromatic heterocycles. The number of carbonyl (C=O) groups excluding carboxylic acids is 1. The van der Waals surface area contributed by atoms with Crippen LogP contribution in [-0.2, 0) is 17.9 Å². The molecule has 0 bridgehead atoms. The molecule has 6 nitrogen and oxygen atoms in total. The molecular weight excluding hydrogens is 326 g/mol. The van der Waals surface area contributed by atoms with E-state index in [2.05, 4.69) is 51.0 Å². The van der Waals surface area contributed by atoms with E-state index in [-0.39, 0.29) is 5.91 Å². The summed E-state index contributed by atoms with van der Waals surface area (Å²) in [6.07, 6.45) is 5.61. The third-order valence-corrected chi connectivity index (χ3v) is 5.38. The van der Waals surface area contributed by atoms with Crippen LogP contribution >= 0.6 is 0 Å². The van der Waals surface area contributed by atoms with E-state index in [0.29, 0.717) is 12.3 Å². The van der Waals surface area contributed by atoms with Gasteiger partial charge in [-0.2, -0.15) is 5.10 Å². The smallest absolute Gasteiger partial charge is 0.224 e. The number of rotatable bonds is 5. The minimum atomic E-state index is 0.106. The first kappa shape index (κ1) is 17.1. The fourth-order valence-electron chi connectivity index (χ4n) is 3.92. The zero-order valence-electron chi connectivity index (χ0n) is 15.2. The highest BCUT2D eigenvalue weighted by Crippen LogP contribution is 2.26. The van der Waals surface area contributed by atoms with Gasteiger partial charge in [0.05, 0.1) is 6.20 Å². The monoisotopic (exact) mass is 353 g/mol. The number of likely N-dealkylation sites (tertiary alicyclic amines) is 1. The number of aryl methyl sites for hydroxylation is 1. The van der Waals surface area contributed by atoms with E-state index in [1.807, 2.05) is 4.68 Å². The third kappa shape index (κ3) is 4.07. The Kier molecular flexibility index (Phi) is 5.20. The largest absolute Gasteiger partial charge is 0.368 e. The molecule has 2 aliphatic rings. The summed E-state index contributed by atoms with van der Waals surface area (Å²) < 4.78 is 1.93. The lowest BCUT2D eigenvalue weighted by Gasteiger charge is -2.31. The van der Waals surface area contributed by atoms with Gasteiger partial charge in [0, 0.05) is 26.1 Å². The molecule has 1 aromatic carbocycles. The lowest BCUT2D eigenvalue weighted by atomic mass is 9.93. The van der Waals surface area contributed by atoms with Crippen molar-refractivity contribution in [3.63, 3.8) is 0 Å². The van der Waals surface area contributed by atoms with Crippen LogP contribution in [0.3, 0.4) is 0 Å². The van der Waals surface area contributed by atoms with Crippen molar-refractivity contribution in [1.29, 1.82) is 0 Å². The Morgan fingerprint density at radius 2 is 2.00 bits per heavy atom. The molecule has 4 rings (SSSR count). The van der Waals surface area contributed by atoms with Gasteiger partial charge in [0.1, 0.15) is 11.5 Å². The third-order valence-electron chi connectivity index (χ3n) is 5.38. The van der Waals surface area contributed by atoms with E-state index < -0.39 is 0 Å². The fourth-order valence-corrected chi connectivity index (χ4v) is 3.92. The maximum Gasteiger partial charge on any atom is 0.224 e. The number of fused-ring (bicyclic) bond motifs is 1. The van der Waals surface area contributed by atoms with Gasteiger partial charge in [0.2, 0.25) is 5.91 Å². The second-order valence-electron chi connectivity index (χ2n) is 7.37. The Labute approximate surface area is 154 Å². The van der Waals surface area contributed by atoms with Crippen LogP contribution in [0, 0.1) is 5.92 Å². The molecule has 1 amide bonds. The predicted octanol–water partition coefficient (Wildman–Crippen LogP) is 2.94. The Hall–Kier alpha value is -2.34. The normalized spacial score (nSPS) is 18.2. The molecule has 26 heavy (non-hydrogen) atoms. The van der Waals surface area contributed by atoms with Crippen molar-refractivity contribution in [2.75, 3.05) is 30.3 Å². The van der Waals surface area contributed by atoms with Crippen LogP contribution in [-0.4, -0.2) is 40.2 Å². The van der Waals surface area contributed by atoms with Crippen LogP contribution in [0.4, 0.5) is 11.5 Å². The van der Waals surface area contributed by atoms with Crippen LogP contribution in [0.1, 0.15) is 31.2 Å². The Balaban J connectivity index is 1.24. The number of benzene rings is 1. The van der Waals surface area contributed by atoms with Gasteiger partial charge in [-0.1, -0.05) is 30.3 Å². The summed E-state index contributed by atoms with van der Waals surface area (Å²) in [4.78, 5) is 14.9. The number of anilines is 2. The van der Waals surface area contributed by atoms with E-state index in [1.165, 1.54) is 5.56 Å². The van der Waals surface area contributed by atoms with Crippen LogP contribution in [0.25, 0.3) is 0 Å². The van der Waals surface area contributed by atoms with Gasteiger partial charge in [0.15, 0.2) is 0 Å². The molecule has 2 aliphatic heterocycles. The average Bonchev–Trinajstić information content (AvgIpc) is 3.07. The topological polar surface area (TPSA) is 62.2 Å². The molecule has 3 heterocycles. The molecule has 138 valence electrons. The van der Waals surface area contributed by atoms with Gasteiger partial charge in [-0.15, -0.1) is 0 Å². The SMILES string of the molecule is O=C(CC1CCN(Cc2ccccc2)CC1)Nc1cnn2c1NCCC2. The number of nitrogens with one attached hydrogen (secondary N) is 2. The minimum Gasteiger partial charge on any atom is -0.368 e. The van der Waals surface area contributed by atoms with E-state index in [1.54, 1.807) is 6.20 Å². The number of hydrogen-bond acceptors (Lipinski definition) is 4. The molecule has 6 heteroatoms. The number of hydrogen-bond donors (Lipinski definition) is 2. The lowest BCUT2D eigenvalue weighted by molar-refractivity contribution is -0.117. The highest BCUT2D eigenvalue weighted by Gasteiger charge is 2.23. The van der Waals surface area contributed by atoms with E-state index in [9.17, 15) is 4.79 Å². The minimum absolute atomic E-state index is 0.106. The van der Waals surface area contributed by atoms with Crippen LogP contribution in [0.15, 0.2) is 36.5 Å². The number of amides is 1. The zero-order chi connectivity index (χ0) is 17.8. The lowest BCUT2D eigenvalue weighted by Crippen LogP contribution is -2.34. The Bertz CT molecular complexity index is 734. The number of piperidine rings is 1. The standard InChI is InChI=1S/C20H27N5O/c26-19(23-18-14-22-25-10-4-9-21-20(18)25)13-16-7-11-24(12-8-16)15-17-5-2-1-3-6-17/h1-3,5-6,14,16,21H,4,7-13,15H2,(H,23,26). The summed E-state index contributed by atoms with van der Waals surface area (Å²) in [5.74, 6) is 1.53. The van der Waals surface area contributed by atoms with Crippen molar-refractivity contribution in [3.8, 4) is 0 Å². The van der Waals surface area contributed by atoms with Crippen molar-refractivity contribution in [3.05, 3.63) is 42.1 Å². The molecule has 0 aliphatic carbocycles. The zero-order valence-corrected chi connectivity index (χ0v) is 15.2. The molecule has 2 aromatic rings. The predicted molar refractivity (Wildman–Crippen MR) is 103 cm³/mol. The van der Waals surface area contributed by atoms with Gasteiger partial charge in [-0.05, 0) is 43.8 Å². The van der Waals surface area contributed by atoms with Crippen LogP contribution < -0.4 is 10.6 Å². The molecule has 0 radical (unpaired) electrons. The molecule has 0 saturated carbocycles. The summed E-state index contributed by atoms with van der Waals surface area (Å²) in [7, 11) is 0. The average molecular weight is 353 g/mol. The summed E-state index contributed by atoms with van der Waals surface area (Å²) in [5, 5.41) is 10.7. The number of nitrogens with zero attached hydrogens (tertiary/aromatic N) is 3. The molecule has 1 fully saturated rings. The first-order chi connectivity index (χ1) is 12.8. The molecule has 0 spiro atoms. The van der Waals surface area contributed by atoms with E-state index in [0.717, 1.165) is 63.5 Å². The quantitative estimate of drug-likeness (QED) is 0.868. The van der Waals surface area contributed by atoms with E-state index >= 15 is 0 Å². The summed E-state index contributed by atoms with van der Waals surface area (Å²) >= 11 is 0. The van der Waals surface area contributed by atoms with Gasteiger partial charge >= 0.3 is 0 Å². The molecule has 0 atom stereocenters. The Morgan fingerprint density at radius 1 is 1.19 bits per heavy atom. The Morgan fingerprint density at radius 3 is 2.81 bits per heavy atom. The van der Waals surface area contributed by atoms with Gasteiger partial charge < -0.3 is 10.6 Å². The first-order valence-electron chi connectivity index (χ1n) is 9.64. The fraction of sp³-hybridized carbons (Fsp3) is 0.500. The second-order valence-corrected chi connectivity index (χ2v) is 7.37. The maximum absolute atomic E-state index is 12.4. The maximum atomic E-state index is 12.4.